The number of rotatable bonds is 7. The van der Waals surface area contributed by atoms with Gasteiger partial charge >= 0.3 is 0 Å². The van der Waals surface area contributed by atoms with Gasteiger partial charge in [0.05, 0.1) is 6.20 Å². The molecular formula is C20H22ClN5. The third-order valence-corrected chi connectivity index (χ3v) is 4.42. The van der Waals surface area contributed by atoms with Crippen LogP contribution in [-0.4, -0.2) is 21.7 Å². The fourth-order valence-electron chi connectivity index (χ4n) is 2.74. The van der Waals surface area contributed by atoms with Crippen LogP contribution < -0.4 is 10.6 Å². The monoisotopic (exact) mass is 367 g/mol. The topological polar surface area (TPSA) is 62.7 Å². The maximum absolute atomic E-state index is 5.91. The Bertz CT molecular complexity index is 864. The molecule has 0 unspecified atom stereocenters. The van der Waals surface area contributed by atoms with Crippen LogP contribution in [0.15, 0.2) is 48.7 Å². The van der Waals surface area contributed by atoms with Gasteiger partial charge in [-0.25, -0.2) is 0 Å². The Kier molecular flexibility index (Phi) is 6.02. The molecule has 0 fully saturated rings. The highest BCUT2D eigenvalue weighted by atomic mass is 35.5. The lowest BCUT2D eigenvalue weighted by atomic mass is 10.1. The number of para-hydroxylation sites is 1. The molecule has 0 radical (unpaired) electrons. The van der Waals surface area contributed by atoms with E-state index in [-0.39, 0.29) is 0 Å². The van der Waals surface area contributed by atoms with Crippen molar-refractivity contribution in [2.24, 2.45) is 0 Å². The van der Waals surface area contributed by atoms with Gasteiger partial charge in [0.1, 0.15) is 0 Å². The van der Waals surface area contributed by atoms with E-state index in [9.17, 15) is 0 Å². The summed E-state index contributed by atoms with van der Waals surface area (Å²) < 4.78 is 0. The van der Waals surface area contributed by atoms with Crippen LogP contribution in [0.4, 0.5) is 17.5 Å². The zero-order chi connectivity index (χ0) is 18.4. The molecular weight excluding hydrogens is 346 g/mol. The van der Waals surface area contributed by atoms with E-state index in [1.165, 1.54) is 11.1 Å². The molecule has 134 valence electrons. The average Bonchev–Trinajstić information content (AvgIpc) is 2.65. The maximum Gasteiger partial charge on any atom is 0.249 e. The number of hydrogen-bond donors (Lipinski definition) is 2. The summed E-state index contributed by atoms with van der Waals surface area (Å²) in [7, 11) is 0. The number of benzene rings is 2. The normalized spacial score (nSPS) is 10.6. The second-order valence-corrected chi connectivity index (χ2v) is 6.49. The number of aryl methyl sites for hydroxylation is 2. The largest absolute Gasteiger partial charge is 0.368 e. The summed E-state index contributed by atoms with van der Waals surface area (Å²) in [5.74, 6) is 1.19. The van der Waals surface area contributed by atoms with Crippen LogP contribution in [0.25, 0.3) is 0 Å². The van der Waals surface area contributed by atoms with Gasteiger partial charge in [0.15, 0.2) is 5.82 Å². The van der Waals surface area contributed by atoms with Crippen LogP contribution in [0.2, 0.25) is 5.02 Å². The number of halogens is 1. The first-order chi connectivity index (χ1) is 12.7. The van der Waals surface area contributed by atoms with Gasteiger partial charge in [-0.3, -0.25) is 0 Å². The third kappa shape index (κ3) is 4.70. The summed E-state index contributed by atoms with van der Waals surface area (Å²) in [6.45, 7) is 4.96. The van der Waals surface area contributed by atoms with E-state index in [2.05, 4.69) is 57.9 Å². The Labute approximate surface area is 158 Å². The predicted molar refractivity (Wildman–Crippen MR) is 107 cm³/mol. The molecule has 0 spiro atoms. The number of nitrogens with one attached hydrogen (secondary N) is 2. The predicted octanol–water partition coefficient (Wildman–Crippen LogP) is 4.79. The van der Waals surface area contributed by atoms with Crippen molar-refractivity contribution in [3.8, 4) is 0 Å². The van der Waals surface area contributed by atoms with Gasteiger partial charge in [0.2, 0.25) is 5.95 Å². The number of nitrogens with zero attached hydrogens (tertiary/aromatic N) is 3. The molecule has 6 heteroatoms. The van der Waals surface area contributed by atoms with Crippen molar-refractivity contribution in [3.05, 3.63) is 70.4 Å². The number of anilines is 3. The van der Waals surface area contributed by atoms with E-state index < -0.39 is 0 Å². The Hall–Kier alpha value is -2.66. The molecule has 1 heterocycles. The van der Waals surface area contributed by atoms with Crippen LogP contribution in [0.1, 0.15) is 23.6 Å². The second-order valence-electron chi connectivity index (χ2n) is 6.06. The van der Waals surface area contributed by atoms with E-state index >= 15 is 0 Å². The highest BCUT2D eigenvalue weighted by molar-refractivity contribution is 6.30. The lowest BCUT2D eigenvalue weighted by Gasteiger charge is -2.13. The maximum atomic E-state index is 5.91. The summed E-state index contributed by atoms with van der Waals surface area (Å²) >= 11 is 5.91. The van der Waals surface area contributed by atoms with Crippen molar-refractivity contribution in [1.82, 2.24) is 15.2 Å². The van der Waals surface area contributed by atoms with Gasteiger partial charge in [-0.1, -0.05) is 48.9 Å². The average molecular weight is 368 g/mol. The molecule has 5 nitrogen and oxygen atoms in total. The third-order valence-electron chi connectivity index (χ3n) is 4.17. The van der Waals surface area contributed by atoms with Gasteiger partial charge in [-0.15, -0.1) is 5.10 Å². The molecule has 26 heavy (non-hydrogen) atoms. The van der Waals surface area contributed by atoms with Crippen molar-refractivity contribution in [2.45, 2.75) is 26.7 Å². The van der Waals surface area contributed by atoms with Crippen LogP contribution in [0.5, 0.6) is 0 Å². The molecule has 3 aromatic rings. The molecule has 0 atom stereocenters. The smallest absolute Gasteiger partial charge is 0.249 e. The number of aromatic nitrogens is 3. The first kappa shape index (κ1) is 18.1. The van der Waals surface area contributed by atoms with Crippen molar-refractivity contribution in [3.63, 3.8) is 0 Å². The first-order valence-electron chi connectivity index (χ1n) is 8.69. The van der Waals surface area contributed by atoms with E-state index in [0.717, 1.165) is 35.7 Å². The van der Waals surface area contributed by atoms with Crippen LogP contribution in [-0.2, 0) is 12.8 Å². The molecule has 0 bridgehead atoms. The van der Waals surface area contributed by atoms with E-state index in [0.29, 0.717) is 11.8 Å². The van der Waals surface area contributed by atoms with Crippen LogP contribution in [0, 0.1) is 6.92 Å². The van der Waals surface area contributed by atoms with Crippen molar-refractivity contribution >= 4 is 29.1 Å². The summed E-state index contributed by atoms with van der Waals surface area (Å²) in [6, 6.07) is 14.1. The van der Waals surface area contributed by atoms with Gasteiger partial charge in [0.25, 0.3) is 0 Å². The minimum atomic E-state index is 0.491. The van der Waals surface area contributed by atoms with Gasteiger partial charge in [0, 0.05) is 17.3 Å². The van der Waals surface area contributed by atoms with Crippen LogP contribution in [0.3, 0.4) is 0 Å². The number of hydrogen-bond acceptors (Lipinski definition) is 5. The van der Waals surface area contributed by atoms with Crippen LogP contribution >= 0.6 is 11.6 Å². The summed E-state index contributed by atoms with van der Waals surface area (Å²) in [6.07, 6.45) is 3.45. The standard InChI is InChI=1S/C20H22ClN5/c1-3-16-6-4-5-14(2)19(16)25-20-24-18(13-23-26-20)22-12-11-15-7-9-17(21)10-8-15/h4-10,13H,3,11-12H2,1-2H3,(H2,22,24,25,26). The first-order valence-corrected chi connectivity index (χ1v) is 9.07. The SMILES string of the molecule is CCc1cccc(C)c1Nc1nncc(NCCc2ccc(Cl)cc2)n1. The zero-order valence-corrected chi connectivity index (χ0v) is 15.7. The molecule has 2 aromatic carbocycles. The molecule has 2 N–H and O–H groups in total. The molecule has 0 aliphatic heterocycles. The highest BCUT2D eigenvalue weighted by Gasteiger charge is 2.07. The lowest BCUT2D eigenvalue weighted by Crippen LogP contribution is -2.09. The summed E-state index contributed by atoms with van der Waals surface area (Å²) in [4.78, 5) is 4.51. The molecule has 0 saturated heterocycles. The van der Waals surface area contributed by atoms with E-state index in [4.69, 9.17) is 11.6 Å². The summed E-state index contributed by atoms with van der Waals surface area (Å²) in [5, 5.41) is 15.5. The van der Waals surface area contributed by atoms with E-state index in [1.807, 2.05) is 24.3 Å². The highest BCUT2D eigenvalue weighted by Crippen LogP contribution is 2.23. The van der Waals surface area contributed by atoms with Crippen molar-refractivity contribution in [2.75, 3.05) is 17.2 Å². The Morgan fingerprint density at radius 1 is 1.08 bits per heavy atom. The second kappa shape index (κ2) is 8.63. The molecule has 3 rings (SSSR count). The van der Waals surface area contributed by atoms with Crippen molar-refractivity contribution in [1.29, 1.82) is 0 Å². The van der Waals surface area contributed by atoms with Gasteiger partial charge < -0.3 is 10.6 Å². The quantitative estimate of drug-likeness (QED) is 0.628. The molecule has 0 aliphatic rings. The molecule has 0 amide bonds. The molecule has 0 saturated carbocycles. The minimum absolute atomic E-state index is 0.491. The van der Waals surface area contributed by atoms with E-state index in [1.54, 1.807) is 6.20 Å². The molecule has 1 aromatic heterocycles. The Morgan fingerprint density at radius 2 is 1.88 bits per heavy atom. The Balaban J connectivity index is 1.64. The van der Waals surface area contributed by atoms with Gasteiger partial charge in [-0.05, 0) is 48.6 Å². The Morgan fingerprint density at radius 3 is 2.65 bits per heavy atom. The minimum Gasteiger partial charge on any atom is -0.368 e. The summed E-state index contributed by atoms with van der Waals surface area (Å²) in [5.41, 5.74) is 4.66. The fraction of sp³-hybridized carbons (Fsp3) is 0.250. The zero-order valence-electron chi connectivity index (χ0n) is 15.0. The lowest BCUT2D eigenvalue weighted by molar-refractivity contribution is 0.948. The fourth-order valence-corrected chi connectivity index (χ4v) is 2.87. The van der Waals surface area contributed by atoms with Gasteiger partial charge in [-0.2, -0.15) is 10.1 Å². The van der Waals surface area contributed by atoms with Crippen molar-refractivity contribution < 1.29 is 0 Å². The molecule has 0 aliphatic carbocycles.